The predicted octanol–water partition coefficient (Wildman–Crippen LogP) is 1.58. The average Bonchev–Trinajstić information content (AvgIpc) is 2.37. The van der Waals surface area contributed by atoms with E-state index in [4.69, 9.17) is 0 Å². The van der Waals surface area contributed by atoms with Gasteiger partial charge in [0, 0.05) is 17.8 Å². The molecule has 0 aromatic rings. The molecule has 1 heterocycles. The van der Waals surface area contributed by atoms with E-state index in [1.165, 1.54) is 12.8 Å². The van der Waals surface area contributed by atoms with Crippen molar-refractivity contribution in [3.05, 3.63) is 0 Å². The summed E-state index contributed by atoms with van der Waals surface area (Å²) in [6, 6.07) is 0.459. The molecular weight excluding hydrogens is 268 g/mol. The van der Waals surface area contributed by atoms with E-state index in [1.807, 2.05) is 13.2 Å². The fraction of sp³-hybridized carbons (Fsp3) is 1.00. The van der Waals surface area contributed by atoms with Gasteiger partial charge in [-0.15, -0.1) is 0 Å². The molecule has 1 aliphatic rings. The van der Waals surface area contributed by atoms with Gasteiger partial charge >= 0.3 is 0 Å². The Labute approximate surface area is 116 Å². The lowest BCUT2D eigenvalue weighted by Gasteiger charge is -2.24. The van der Waals surface area contributed by atoms with Crippen LogP contribution in [-0.2, 0) is 10.0 Å². The van der Waals surface area contributed by atoms with Gasteiger partial charge in [-0.3, -0.25) is 0 Å². The number of piperidine rings is 1. The molecule has 0 radical (unpaired) electrons. The Hall–Kier alpha value is 0.220. The Morgan fingerprint density at radius 3 is 2.78 bits per heavy atom. The number of nitrogens with one attached hydrogen (secondary N) is 2. The SMILES string of the molecule is CCC(CSC)NS(=O)(=O)CCC1CCCCN1. The smallest absolute Gasteiger partial charge is 0.211 e. The van der Waals surface area contributed by atoms with Gasteiger partial charge in [-0.2, -0.15) is 11.8 Å². The van der Waals surface area contributed by atoms with Gasteiger partial charge in [0.2, 0.25) is 10.0 Å². The van der Waals surface area contributed by atoms with Crippen molar-refractivity contribution in [2.45, 2.75) is 51.1 Å². The Morgan fingerprint density at radius 1 is 1.44 bits per heavy atom. The van der Waals surface area contributed by atoms with E-state index in [0.29, 0.717) is 6.04 Å². The normalized spacial score (nSPS) is 22.9. The molecule has 18 heavy (non-hydrogen) atoms. The van der Waals surface area contributed by atoms with Gasteiger partial charge < -0.3 is 5.32 Å². The third-order valence-electron chi connectivity index (χ3n) is 3.35. The zero-order chi connectivity index (χ0) is 13.4. The van der Waals surface area contributed by atoms with Crippen molar-refractivity contribution in [1.29, 1.82) is 0 Å². The Kier molecular flexibility index (Phi) is 7.60. The van der Waals surface area contributed by atoms with E-state index in [1.54, 1.807) is 11.8 Å². The summed E-state index contributed by atoms with van der Waals surface area (Å²) in [4.78, 5) is 0. The van der Waals surface area contributed by atoms with Gasteiger partial charge in [0.25, 0.3) is 0 Å². The number of sulfonamides is 1. The lowest BCUT2D eigenvalue weighted by molar-refractivity contribution is 0.392. The van der Waals surface area contributed by atoms with Crippen LogP contribution in [0, 0.1) is 0 Å². The van der Waals surface area contributed by atoms with Crippen LogP contribution in [0.15, 0.2) is 0 Å². The summed E-state index contributed by atoms with van der Waals surface area (Å²) in [6.45, 7) is 3.05. The van der Waals surface area contributed by atoms with Crippen LogP contribution in [0.4, 0.5) is 0 Å². The molecule has 0 saturated carbocycles. The first-order chi connectivity index (χ1) is 8.57. The van der Waals surface area contributed by atoms with Crippen LogP contribution in [0.3, 0.4) is 0 Å². The molecular formula is C12H26N2O2S2. The van der Waals surface area contributed by atoms with Gasteiger partial charge in [0.1, 0.15) is 0 Å². The summed E-state index contributed by atoms with van der Waals surface area (Å²) in [5, 5.41) is 3.39. The van der Waals surface area contributed by atoms with Gasteiger partial charge in [0.05, 0.1) is 5.75 Å². The molecule has 2 atom stereocenters. The zero-order valence-electron chi connectivity index (χ0n) is 11.4. The molecule has 0 aromatic carbocycles. The number of hydrogen-bond acceptors (Lipinski definition) is 4. The first kappa shape index (κ1) is 16.3. The molecule has 4 nitrogen and oxygen atoms in total. The van der Waals surface area contributed by atoms with E-state index >= 15 is 0 Å². The van der Waals surface area contributed by atoms with E-state index in [2.05, 4.69) is 10.0 Å². The van der Waals surface area contributed by atoms with E-state index in [-0.39, 0.29) is 11.8 Å². The second kappa shape index (κ2) is 8.40. The summed E-state index contributed by atoms with van der Waals surface area (Å²) in [6.07, 6.45) is 7.12. The Balaban J connectivity index is 2.33. The summed E-state index contributed by atoms with van der Waals surface area (Å²) >= 11 is 1.68. The van der Waals surface area contributed by atoms with Crippen molar-refractivity contribution in [3.8, 4) is 0 Å². The third kappa shape index (κ3) is 6.41. The Bertz CT molecular complexity index is 314. The van der Waals surface area contributed by atoms with Crippen LogP contribution in [0.5, 0.6) is 0 Å². The molecule has 1 rings (SSSR count). The maximum absolute atomic E-state index is 12.0. The molecule has 0 bridgehead atoms. The minimum absolute atomic E-state index is 0.0734. The maximum atomic E-state index is 12.0. The fourth-order valence-electron chi connectivity index (χ4n) is 2.22. The van der Waals surface area contributed by atoms with Crippen molar-refractivity contribution < 1.29 is 8.42 Å². The van der Waals surface area contributed by atoms with Gasteiger partial charge in [-0.05, 0) is 38.5 Å². The first-order valence-corrected chi connectivity index (χ1v) is 9.84. The highest BCUT2D eigenvalue weighted by Gasteiger charge is 2.19. The molecule has 0 aromatic heterocycles. The number of thioether (sulfide) groups is 1. The lowest BCUT2D eigenvalue weighted by atomic mass is 10.0. The topological polar surface area (TPSA) is 58.2 Å². The molecule has 0 spiro atoms. The van der Waals surface area contributed by atoms with Crippen molar-refractivity contribution in [1.82, 2.24) is 10.0 Å². The molecule has 1 fully saturated rings. The minimum atomic E-state index is -3.12. The second-order valence-electron chi connectivity index (χ2n) is 4.93. The monoisotopic (exact) mass is 294 g/mol. The van der Waals surface area contributed by atoms with Crippen molar-refractivity contribution in [2.24, 2.45) is 0 Å². The quantitative estimate of drug-likeness (QED) is 0.713. The van der Waals surface area contributed by atoms with Crippen molar-refractivity contribution in [3.63, 3.8) is 0 Å². The molecule has 2 unspecified atom stereocenters. The minimum Gasteiger partial charge on any atom is -0.314 e. The fourth-order valence-corrected chi connectivity index (χ4v) is 4.51. The van der Waals surface area contributed by atoms with Crippen LogP contribution < -0.4 is 10.0 Å². The number of rotatable bonds is 8. The van der Waals surface area contributed by atoms with Crippen LogP contribution in [0.25, 0.3) is 0 Å². The molecule has 2 N–H and O–H groups in total. The summed E-state index contributed by atoms with van der Waals surface area (Å²) in [7, 11) is -3.12. The van der Waals surface area contributed by atoms with Crippen molar-refractivity contribution in [2.75, 3.05) is 24.3 Å². The highest BCUT2D eigenvalue weighted by atomic mass is 32.2. The zero-order valence-corrected chi connectivity index (χ0v) is 13.1. The highest BCUT2D eigenvalue weighted by molar-refractivity contribution is 7.98. The largest absolute Gasteiger partial charge is 0.314 e. The third-order valence-corrected chi connectivity index (χ3v) is 5.56. The van der Waals surface area contributed by atoms with Crippen LogP contribution >= 0.6 is 11.8 Å². The molecule has 108 valence electrons. The maximum Gasteiger partial charge on any atom is 0.211 e. The van der Waals surface area contributed by atoms with Crippen LogP contribution in [0.1, 0.15) is 39.0 Å². The summed E-state index contributed by atoms with van der Waals surface area (Å²) in [5.41, 5.74) is 0. The molecule has 1 saturated heterocycles. The Morgan fingerprint density at radius 2 is 2.22 bits per heavy atom. The summed E-state index contributed by atoms with van der Waals surface area (Å²) in [5.74, 6) is 1.09. The predicted molar refractivity (Wildman–Crippen MR) is 79.6 cm³/mol. The molecule has 1 aliphatic heterocycles. The second-order valence-corrected chi connectivity index (χ2v) is 7.72. The standard InChI is InChI=1S/C12H26N2O2S2/c1-3-11(10-17-2)14-18(15,16)9-7-12-6-4-5-8-13-12/h11-14H,3-10H2,1-2H3. The average molecular weight is 294 g/mol. The highest BCUT2D eigenvalue weighted by Crippen LogP contribution is 2.11. The van der Waals surface area contributed by atoms with E-state index < -0.39 is 10.0 Å². The van der Waals surface area contributed by atoms with Gasteiger partial charge in [-0.1, -0.05) is 13.3 Å². The summed E-state index contributed by atoms with van der Waals surface area (Å²) < 4.78 is 26.7. The lowest BCUT2D eigenvalue weighted by Crippen LogP contribution is -2.40. The van der Waals surface area contributed by atoms with E-state index in [0.717, 1.165) is 31.6 Å². The van der Waals surface area contributed by atoms with Crippen LogP contribution in [0.2, 0.25) is 0 Å². The van der Waals surface area contributed by atoms with E-state index in [9.17, 15) is 8.42 Å². The van der Waals surface area contributed by atoms with Crippen molar-refractivity contribution >= 4 is 21.8 Å². The molecule has 6 heteroatoms. The van der Waals surface area contributed by atoms with Gasteiger partial charge in [0.15, 0.2) is 0 Å². The first-order valence-electron chi connectivity index (χ1n) is 6.79. The number of hydrogen-bond donors (Lipinski definition) is 2. The molecule has 0 amide bonds. The van der Waals surface area contributed by atoms with Gasteiger partial charge in [-0.25, -0.2) is 13.1 Å². The van der Waals surface area contributed by atoms with Crippen LogP contribution in [-0.4, -0.2) is 44.8 Å². The molecule has 0 aliphatic carbocycles.